The van der Waals surface area contributed by atoms with E-state index < -0.39 is 0 Å². The maximum Gasteiger partial charge on any atom is 0.282 e. The fraction of sp³-hybridized carbons (Fsp3) is 0.909. The van der Waals surface area contributed by atoms with Gasteiger partial charge in [0.1, 0.15) is 5.60 Å². The molecule has 0 aliphatic heterocycles. The van der Waals surface area contributed by atoms with Gasteiger partial charge in [-0.2, -0.15) is 0 Å². The molecule has 0 heterocycles. The Morgan fingerprint density at radius 2 is 2.13 bits per heavy atom. The van der Waals surface area contributed by atoms with Crippen molar-refractivity contribution in [2.45, 2.75) is 51.7 Å². The zero-order valence-electron chi connectivity index (χ0n) is 9.86. The zero-order valence-corrected chi connectivity index (χ0v) is 9.86. The standard InChI is InChI=1S/C11H22N2O2/c1-11(2,3)15-10(12)13-9-6-4-5-8(9)7-14/h8-9,14H,4-7H2,1-3H3,(H2,12,13). The predicted octanol–water partition coefficient (Wildman–Crippen LogP) is 1.28. The fourth-order valence-electron chi connectivity index (χ4n) is 1.90. The lowest BCUT2D eigenvalue weighted by Gasteiger charge is -2.21. The van der Waals surface area contributed by atoms with Crippen LogP contribution in [-0.2, 0) is 4.74 Å². The molecule has 2 unspecified atom stereocenters. The molecule has 0 aromatic carbocycles. The number of aliphatic hydroxyl groups is 1. The minimum atomic E-state index is -0.305. The number of ether oxygens (including phenoxy) is 1. The summed E-state index contributed by atoms with van der Waals surface area (Å²) in [6.07, 6.45) is 3.15. The number of nitrogens with zero attached hydrogens (tertiary/aromatic N) is 1. The molecule has 3 N–H and O–H groups in total. The van der Waals surface area contributed by atoms with Gasteiger partial charge in [0, 0.05) is 12.5 Å². The van der Waals surface area contributed by atoms with Gasteiger partial charge >= 0.3 is 0 Å². The number of amidine groups is 1. The molecule has 1 saturated carbocycles. The van der Waals surface area contributed by atoms with Gasteiger partial charge in [-0.3, -0.25) is 0 Å². The highest BCUT2D eigenvalue weighted by atomic mass is 16.5. The van der Waals surface area contributed by atoms with Crippen LogP contribution in [0, 0.1) is 5.92 Å². The van der Waals surface area contributed by atoms with E-state index in [1.54, 1.807) is 0 Å². The molecule has 4 nitrogen and oxygen atoms in total. The Hall–Kier alpha value is -0.770. The van der Waals surface area contributed by atoms with Gasteiger partial charge < -0.3 is 15.6 Å². The first-order valence-corrected chi connectivity index (χ1v) is 5.55. The Balaban J connectivity index is 2.54. The summed E-state index contributed by atoms with van der Waals surface area (Å²) in [6.45, 7) is 6.01. The van der Waals surface area contributed by atoms with Crippen LogP contribution >= 0.6 is 0 Å². The maximum atomic E-state index is 9.13. The Bertz CT molecular complexity index is 233. The normalized spacial score (nSPS) is 28.1. The van der Waals surface area contributed by atoms with Gasteiger partial charge in [-0.1, -0.05) is 6.42 Å². The largest absolute Gasteiger partial charge is 0.460 e. The molecule has 15 heavy (non-hydrogen) atoms. The van der Waals surface area contributed by atoms with Crippen LogP contribution in [-0.4, -0.2) is 29.4 Å². The maximum absolute atomic E-state index is 9.13. The van der Waals surface area contributed by atoms with E-state index in [0.717, 1.165) is 19.3 Å². The average molecular weight is 214 g/mol. The number of nitrogens with two attached hydrogens (primary N) is 1. The van der Waals surface area contributed by atoms with Gasteiger partial charge in [0.25, 0.3) is 6.02 Å². The van der Waals surface area contributed by atoms with Crippen molar-refractivity contribution in [3.63, 3.8) is 0 Å². The molecule has 0 spiro atoms. The molecule has 4 heteroatoms. The molecular weight excluding hydrogens is 192 g/mol. The van der Waals surface area contributed by atoms with Crippen LogP contribution < -0.4 is 5.73 Å². The summed E-state index contributed by atoms with van der Waals surface area (Å²) in [4.78, 5) is 4.33. The van der Waals surface area contributed by atoms with Crippen LogP contribution in [0.15, 0.2) is 4.99 Å². The van der Waals surface area contributed by atoms with Gasteiger partial charge in [-0.05, 0) is 33.6 Å². The summed E-state index contributed by atoms with van der Waals surface area (Å²) in [5.74, 6) is 0.257. The molecule has 88 valence electrons. The summed E-state index contributed by atoms with van der Waals surface area (Å²) >= 11 is 0. The molecule has 1 aliphatic rings. The van der Waals surface area contributed by atoms with Crippen molar-refractivity contribution in [2.75, 3.05) is 6.61 Å². The second-order valence-electron chi connectivity index (χ2n) is 5.12. The molecule has 1 fully saturated rings. The zero-order chi connectivity index (χ0) is 11.5. The summed E-state index contributed by atoms with van der Waals surface area (Å²) in [5.41, 5.74) is 5.40. The highest BCUT2D eigenvalue weighted by molar-refractivity contribution is 5.72. The Kier molecular flexibility index (Phi) is 3.97. The number of rotatable bonds is 2. The lowest BCUT2D eigenvalue weighted by molar-refractivity contribution is 0.112. The topological polar surface area (TPSA) is 67.8 Å². The SMILES string of the molecule is CC(C)(C)OC(N)=NC1CCCC1CO. The van der Waals surface area contributed by atoms with E-state index >= 15 is 0 Å². The molecule has 2 atom stereocenters. The van der Waals surface area contributed by atoms with E-state index in [0.29, 0.717) is 0 Å². The first-order valence-electron chi connectivity index (χ1n) is 5.55. The molecule has 0 bridgehead atoms. The summed E-state index contributed by atoms with van der Waals surface area (Å²) in [5, 5.41) is 9.13. The van der Waals surface area contributed by atoms with Crippen molar-refractivity contribution in [3.8, 4) is 0 Å². The van der Waals surface area contributed by atoms with Crippen molar-refractivity contribution in [3.05, 3.63) is 0 Å². The van der Waals surface area contributed by atoms with Crippen molar-refractivity contribution >= 4 is 6.02 Å². The molecule has 0 amide bonds. The van der Waals surface area contributed by atoms with Gasteiger partial charge in [0.2, 0.25) is 0 Å². The molecular formula is C11H22N2O2. The van der Waals surface area contributed by atoms with Gasteiger partial charge in [-0.15, -0.1) is 0 Å². The highest BCUT2D eigenvalue weighted by Crippen LogP contribution is 2.27. The lowest BCUT2D eigenvalue weighted by Crippen LogP contribution is -2.31. The van der Waals surface area contributed by atoms with Crippen LogP contribution in [0.2, 0.25) is 0 Å². The number of aliphatic imine (C=N–C) groups is 1. The van der Waals surface area contributed by atoms with Crippen LogP contribution in [0.1, 0.15) is 40.0 Å². The minimum absolute atomic E-state index is 0.136. The monoisotopic (exact) mass is 214 g/mol. The Labute approximate surface area is 91.5 Å². The third-order valence-corrected chi connectivity index (χ3v) is 2.56. The number of hydrogen-bond acceptors (Lipinski definition) is 3. The van der Waals surface area contributed by atoms with Crippen molar-refractivity contribution in [1.82, 2.24) is 0 Å². The van der Waals surface area contributed by atoms with Crippen molar-refractivity contribution < 1.29 is 9.84 Å². The van der Waals surface area contributed by atoms with E-state index in [1.165, 1.54) is 0 Å². The number of aliphatic hydroxyl groups excluding tert-OH is 1. The minimum Gasteiger partial charge on any atom is -0.460 e. The quantitative estimate of drug-likeness (QED) is 0.537. The summed E-state index contributed by atoms with van der Waals surface area (Å²) < 4.78 is 5.44. The van der Waals surface area contributed by atoms with Crippen LogP contribution in [0.4, 0.5) is 0 Å². The Morgan fingerprint density at radius 1 is 1.47 bits per heavy atom. The van der Waals surface area contributed by atoms with Crippen LogP contribution in [0.3, 0.4) is 0 Å². The second kappa shape index (κ2) is 4.84. The first-order chi connectivity index (χ1) is 6.92. The summed E-state index contributed by atoms with van der Waals surface area (Å²) in [6, 6.07) is 0.380. The van der Waals surface area contributed by atoms with Gasteiger partial charge in [0.05, 0.1) is 6.04 Å². The van der Waals surface area contributed by atoms with E-state index in [9.17, 15) is 0 Å². The van der Waals surface area contributed by atoms with E-state index in [1.807, 2.05) is 20.8 Å². The van der Waals surface area contributed by atoms with Crippen molar-refractivity contribution in [2.24, 2.45) is 16.6 Å². The molecule has 0 aromatic rings. The molecule has 0 aromatic heterocycles. The van der Waals surface area contributed by atoms with Gasteiger partial charge in [0.15, 0.2) is 0 Å². The number of hydrogen-bond donors (Lipinski definition) is 2. The third kappa shape index (κ3) is 4.08. The van der Waals surface area contributed by atoms with Crippen LogP contribution in [0.5, 0.6) is 0 Å². The fourth-order valence-corrected chi connectivity index (χ4v) is 1.90. The Morgan fingerprint density at radius 3 is 2.67 bits per heavy atom. The van der Waals surface area contributed by atoms with E-state index in [2.05, 4.69) is 4.99 Å². The van der Waals surface area contributed by atoms with E-state index in [-0.39, 0.29) is 30.2 Å². The molecule has 1 rings (SSSR count). The highest BCUT2D eigenvalue weighted by Gasteiger charge is 2.27. The second-order valence-corrected chi connectivity index (χ2v) is 5.12. The predicted molar refractivity (Wildman–Crippen MR) is 60.7 cm³/mol. The smallest absolute Gasteiger partial charge is 0.282 e. The molecule has 0 saturated heterocycles. The van der Waals surface area contributed by atoms with Crippen molar-refractivity contribution in [1.29, 1.82) is 0 Å². The summed E-state index contributed by atoms with van der Waals surface area (Å²) in [7, 11) is 0. The first kappa shape index (κ1) is 12.3. The average Bonchev–Trinajstić information content (AvgIpc) is 2.48. The van der Waals surface area contributed by atoms with Gasteiger partial charge in [-0.25, -0.2) is 4.99 Å². The van der Waals surface area contributed by atoms with E-state index in [4.69, 9.17) is 15.6 Å². The lowest BCUT2D eigenvalue weighted by atomic mass is 10.1. The third-order valence-electron chi connectivity index (χ3n) is 2.56. The molecule has 0 radical (unpaired) electrons. The molecule has 1 aliphatic carbocycles. The van der Waals surface area contributed by atoms with Crippen LogP contribution in [0.25, 0.3) is 0 Å².